The fraction of sp³-hybridized carbons (Fsp3) is 0.250. The van der Waals surface area contributed by atoms with Gasteiger partial charge in [0.25, 0.3) is 0 Å². The molecule has 0 N–H and O–H groups in total. The monoisotopic (exact) mass is 255 g/mol. The summed E-state index contributed by atoms with van der Waals surface area (Å²) in [7, 11) is 3.39. The van der Waals surface area contributed by atoms with Crippen LogP contribution in [0.15, 0.2) is 36.4 Å². The van der Waals surface area contributed by atoms with Gasteiger partial charge < -0.3 is 14.0 Å². The first kappa shape index (κ1) is 11.9. The average molecular weight is 255 g/mol. The fourth-order valence-electron chi connectivity index (χ4n) is 2.66. The van der Waals surface area contributed by atoms with Crippen molar-refractivity contribution < 1.29 is 9.47 Å². The molecule has 0 spiro atoms. The molecule has 3 aromatic rings. The molecule has 3 heteroatoms. The average Bonchev–Trinajstić information content (AvgIpc) is 2.79. The summed E-state index contributed by atoms with van der Waals surface area (Å²) in [4.78, 5) is 0. The van der Waals surface area contributed by atoms with Crippen molar-refractivity contribution in [2.75, 3.05) is 14.2 Å². The summed E-state index contributed by atoms with van der Waals surface area (Å²) in [6.07, 6.45) is 0. The summed E-state index contributed by atoms with van der Waals surface area (Å²) in [5.41, 5.74) is 2.46. The molecule has 0 aliphatic carbocycles. The summed E-state index contributed by atoms with van der Waals surface area (Å²) >= 11 is 0. The molecule has 0 fully saturated rings. The second kappa shape index (κ2) is 4.50. The maximum Gasteiger partial charge on any atom is 0.119 e. The first-order chi connectivity index (χ1) is 9.28. The van der Waals surface area contributed by atoms with E-state index in [1.165, 1.54) is 21.8 Å². The number of methoxy groups -OCH3 is 2. The van der Waals surface area contributed by atoms with Gasteiger partial charge in [0, 0.05) is 28.4 Å². The Labute approximate surface area is 112 Å². The lowest BCUT2D eigenvalue weighted by atomic mass is 10.1. The Bertz CT molecular complexity index is 682. The maximum atomic E-state index is 5.33. The van der Waals surface area contributed by atoms with Crippen molar-refractivity contribution in [3.05, 3.63) is 36.4 Å². The number of hydrogen-bond acceptors (Lipinski definition) is 2. The van der Waals surface area contributed by atoms with Crippen LogP contribution in [0.25, 0.3) is 21.8 Å². The van der Waals surface area contributed by atoms with Crippen LogP contribution in [0.1, 0.15) is 6.92 Å². The molecule has 1 aromatic heterocycles. The molecule has 3 rings (SSSR count). The highest BCUT2D eigenvalue weighted by atomic mass is 16.5. The van der Waals surface area contributed by atoms with Gasteiger partial charge in [0.2, 0.25) is 0 Å². The van der Waals surface area contributed by atoms with E-state index < -0.39 is 0 Å². The standard InChI is InChI=1S/C16H17NO2/c1-4-17-15-7-5-11(18-2)9-13(15)14-10-12(19-3)6-8-16(14)17/h5-10H,4H2,1-3H3. The normalized spacial score (nSPS) is 11.1. The Balaban J connectivity index is 2.44. The fourth-order valence-corrected chi connectivity index (χ4v) is 2.66. The Kier molecular flexibility index (Phi) is 2.82. The lowest BCUT2D eigenvalue weighted by molar-refractivity contribution is 0.415. The van der Waals surface area contributed by atoms with Gasteiger partial charge in [-0.2, -0.15) is 0 Å². The van der Waals surface area contributed by atoms with Gasteiger partial charge >= 0.3 is 0 Å². The van der Waals surface area contributed by atoms with E-state index in [0.717, 1.165) is 18.0 Å². The third kappa shape index (κ3) is 1.73. The van der Waals surface area contributed by atoms with E-state index in [4.69, 9.17) is 9.47 Å². The van der Waals surface area contributed by atoms with Crippen LogP contribution in [0.5, 0.6) is 11.5 Å². The first-order valence-electron chi connectivity index (χ1n) is 6.42. The van der Waals surface area contributed by atoms with E-state index in [2.05, 4.69) is 35.8 Å². The number of aryl methyl sites for hydroxylation is 1. The van der Waals surface area contributed by atoms with E-state index in [9.17, 15) is 0 Å². The van der Waals surface area contributed by atoms with Crippen LogP contribution in [0.3, 0.4) is 0 Å². The number of aromatic nitrogens is 1. The molecule has 2 aromatic carbocycles. The Morgan fingerprint density at radius 1 is 0.842 bits per heavy atom. The van der Waals surface area contributed by atoms with Gasteiger partial charge in [-0.05, 0) is 43.3 Å². The minimum absolute atomic E-state index is 0.880. The molecule has 0 unspecified atom stereocenters. The predicted molar refractivity (Wildman–Crippen MR) is 78.2 cm³/mol. The van der Waals surface area contributed by atoms with E-state index in [0.29, 0.717) is 0 Å². The van der Waals surface area contributed by atoms with Gasteiger partial charge in [0.1, 0.15) is 11.5 Å². The Hall–Kier alpha value is -2.16. The second-order valence-electron chi connectivity index (χ2n) is 4.51. The highest BCUT2D eigenvalue weighted by Gasteiger charge is 2.11. The molecule has 0 aliphatic heterocycles. The molecule has 0 bridgehead atoms. The van der Waals surface area contributed by atoms with Crippen molar-refractivity contribution in [3.63, 3.8) is 0 Å². The predicted octanol–water partition coefficient (Wildman–Crippen LogP) is 3.83. The zero-order valence-corrected chi connectivity index (χ0v) is 11.4. The molecule has 0 aliphatic rings. The number of benzene rings is 2. The van der Waals surface area contributed by atoms with Gasteiger partial charge in [-0.1, -0.05) is 0 Å². The Morgan fingerprint density at radius 3 is 1.68 bits per heavy atom. The third-order valence-corrected chi connectivity index (χ3v) is 3.60. The highest BCUT2D eigenvalue weighted by molar-refractivity contribution is 6.09. The number of rotatable bonds is 3. The van der Waals surface area contributed by atoms with Crippen molar-refractivity contribution >= 4 is 21.8 Å². The summed E-state index contributed by atoms with van der Waals surface area (Å²) in [6.45, 7) is 3.10. The molecule has 0 amide bonds. The van der Waals surface area contributed by atoms with Crippen molar-refractivity contribution in [3.8, 4) is 11.5 Å². The summed E-state index contributed by atoms with van der Waals surface area (Å²) in [5.74, 6) is 1.76. The van der Waals surface area contributed by atoms with Gasteiger partial charge in [-0.3, -0.25) is 0 Å². The topological polar surface area (TPSA) is 23.4 Å². The van der Waals surface area contributed by atoms with Crippen LogP contribution in [0.2, 0.25) is 0 Å². The Morgan fingerprint density at radius 2 is 1.32 bits per heavy atom. The number of nitrogens with zero attached hydrogens (tertiary/aromatic N) is 1. The zero-order chi connectivity index (χ0) is 13.4. The smallest absolute Gasteiger partial charge is 0.119 e. The third-order valence-electron chi connectivity index (χ3n) is 3.60. The van der Waals surface area contributed by atoms with Crippen LogP contribution >= 0.6 is 0 Å². The summed E-state index contributed by atoms with van der Waals surface area (Å²) < 4.78 is 13.0. The summed E-state index contributed by atoms with van der Waals surface area (Å²) in [5, 5.41) is 2.41. The molecule has 98 valence electrons. The van der Waals surface area contributed by atoms with Crippen LogP contribution in [-0.2, 0) is 6.54 Å². The first-order valence-corrected chi connectivity index (χ1v) is 6.42. The molecule has 0 atom stereocenters. The van der Waals surface area contributed by atoms with Crippen LogP contribution < -0.4 is 9.47 Å². The van der Waals surface area contributed by atoms with E-state index in [1.54, 1.807) is 14.2 Å². The van der Waals surface area contributed by atoms with Gasteiger partial charge in [0.15, 0.2) is 0 Å². The minimum atomic E-state index is 0.880. The van der Waals surface area contributed by atoms with Crippen LogP contribution in [-0.4, -0.2) is 18.8 Å². The van der Waals surface area contributed by atoms with Gasteiger partial charge in [-0.15, -0.1) is 0 Å². The quantitative estimate of drug-likeness (QED) is 0.710. The molecule has 0 saturated carbocycles. The van der Waals surface area contributed by atoms with Crippen molar-refractivity contribution in [2.24, 2.45) is 0 Å². The SMILES string of the molecule is CCn1c2ccc(OC)cc2c2cc(OC)ccc21. The minimum Gasteiger partial charge on any atom is -0.497 e. The summed E-state index contributed by atoms with van der Waals surface area (Å²) in [6, 6.07) is 12.4. The highest BCUT2D eigenvalue weighted by Crippen LogP contribution is 2.33. The molecule has 19 heavy (non-hydrogen) atoms. The van der Waals surface area contributed by atoms with E-state index in [1.807, 2.05) is 12.1 Å². The molecule has 3 nitrogen and oxygen atoms in total. The maximum absolute atomic E-state index is 5.33. The zero-order valence-electron chi connectivity index (χ0n) is 11.4. The number of fused-ring (bicyclic) bond motifs is 3. The second-order valence-corrected chi connectivity index (χ2v) is 4.51. The molecule has 1 heterocycles. The number of hydrogen-bond donors (Lipinski definition) is 0. The largest absolute Gasteiger partial charge is 0.497 e. The molecule has 0 saturated heterocycles. The van der Waals surface area contributed by atoms with E-state index in [-0.39, 0.29) is 0 Å². The van der Waals surface area contributed by atoms with Gasteiger partial charge in [-0.25, -0.2) is 0 Å². The number of ether oxygens (including phenoxy) is 2. The van der Waals surface area contributed by atoms with Crippen molar-refractivity contribution in [1.82, 2.24) is 4.57 Å². The van der Waals surface area contributed by atoms with Crippen LogP contribution in [0.4, 0.5) is 0 Å². The molecular weight excluding hydrogens is 238 g/mol. The van der Waals surface area contributed by atoms with Gasteiger partial charge in [0.05, 0.1) is 14.2 Å². The van der Waals surface area contributed by atoms with Crippen molar-refractivity contribution in [2.45, 2.75) is 13.5 Å². The molecular formula is C16H17NO2. The van der Waals surface area contributed by atoms with Crippen LogP contribution in [0, 0.1) is 0 Å². The van der Waals surface area contributed by atoms with Crippen molar-refractivity contribution in [1.29, 1.82) is 0 Å². The lowest BCUT2D eigenvalue weighted by Gasteiger charge is -2.04. The van der Waals surface area contributed by atoms with E-state index >= 15 is 0 Å². The molecule has 0 radical (unpaired) electrons. The lowest BCUT2D eigenvalue weighted by Crippen LogP contribution is -1.93.